The molecule has 0 aliphatic heterocycles. The zero-order valence-electron chi connectivity index (χ0n) is 14.7. The molecule has 0 spiro atoms. The van der Waals surface area contributed by atoms with Gasteiger partial charge in [-0.05, 0) is 42.5 Å². The van der Waals surface area contributed by atoms with Crippen molar-refractivity contribution < 1.29 is 9.13 Å². The topological polar surface area (TPSA) is 61.8 Å². The quantitative estimate of drug-likeness (QED) is 0.520. The molecule has 0 amide bonds. The number of ether oxygens (including phenoxy) is 1. The zero-order valence-corrected chi connectivity index (χ0v) is 17.1. The Morgan fingerprint density at radius 1 is 1.22 bits per heavy atom. The van der Waals surface area contributed by atoms with Crippen molar-refractivity contribution in [1.82, 2.24) is 9.97 Å². The van der Waals surface area contributed by atoms with E-state index < -0.39 is 22.6 Å². The second-order valence-corrected chi connectivity index (χ2v) is 8.24. The van der Waals surface area contributed by atoms with Crippen LogP contribution >= 0.6 is 23.2 Å². The van der Waals surface area contributed by atoms with Gasteiger partial charge in [0.05, 0.1) is 11.6 Å². The monoisotopic (exact) mass is 425 g/mol. The fraction of sp³-hybridized carbons (Fsp3) is 0.211. The number of aryl methyl sites for hydroxylation is 1. The largest absolute Gasteiger partial charge is 0.361 e. The van der Waals surface area contributed by atoms with Crippen LogP contribution in [0.3, 0.4) is 0 Å². The molecule has 1 heterocycles. The van der Waals surface area contributed by atoms with Crippen LogP contribution in [0.4, 0.5) is 4.39 Å². The van der Waals surface area contributed by atoms with Gasteiger partial charge in [-0.3, -0.25) is 4.78 Å². The van der Waals surface area contributed by atoms with Crippen LogP contribution in [0.2, 0.25) is 10.0 Å². The number of nitrogens with one attached hydrogen (secondary N) is 2. The van der Waals surface area contributed by atoms with Crippen molar-refractivity contribution in [2.24, 2.45) is 0 Å². The van der Waals surface area contributed by atoms with Crippen molar-refractivity contribution in [2.45, 2.75) is 24.7 Å². The summed E-state index contributed by atoms with van der Waals surface area (Å²) >= 11 is 12.2. The molecule has 2 aromatic carbocycles. The summed E-state index contributed by atoms with van der Waals surface area (Å²) in [4.78, 5) is 7.74. The summed E-state index contributed by atoms with van der Waals surface area (Å²) in [6.07, 6.45) is 1.18. The first-order valence-corrected chi connectivity index (χ1v) is 10.5. The molecule has 2 unspecified atom stereocenters. The van der Waals surface area contributed by atoms with Gasteiger partial charge in [-0.15, -0.1) is 0 Å². The summed E-state index contributed by atoms with van der Waals surface area (Å²) in [5.74, 6) is 0.0478. The molecule has 2 atom stereocenters. The Hall–Kier alpha value is -1.73. The lowest BCUT2D eigenvalue weighted by Gasteiger charge is -2.17. The lowest BCUT2D eigenvalue weighted by atomic mass is 10.1. The summed E-state index contributed by atoms with van der Waals surface area (Å²) in [6.45, 7) is 2.11. The SMILES string of the molecule is Cc1[nH]c(C(OCc2ccccc2Cl)c2ccc(F)c(Cl)c2)nc1S(C)=N. The molecular weight excluding hydrogens is 408 g/mol. The van der Waals surface area contributed by atoms with Crippen molar-refractivity contribution >= 4 is 33.9 Å². The molecule has 27 heavy (non-hydrogen) atoms. The number of nitrogens with zero attached hydrogens (tertiary/aromatic N) is 1. The maximum absolute atomic E-state index is 13.6. The number of halogens is 3. The minimum absolute atomic E-state index is 0.0121. The van der Waals surface area contributed by atoms with Gasteiger partial charge >= 0.3 is 0 Å². The van der Waals surface area contributed by atoms with Gasteiger partial charge in [0.1, 0.15) is 22.8 Å². The Kier molecular flexibility index (Phi) is 6.32. The number of imidazole rings is 1. The van der Waals surface area contributed by atoms with Gasteiger partial charge < -0.3 is 9.72 Å². The van der Waals surface area contributed by atoms with E-state index in [-0.39, 0.29) is 11.6 Å². The van der Waals surface area contributed by atoms with E-state index in [9.17, 15) is 4.39 Å². The number of H-pyrrole nitrogens is 1. The van der Waals surface area contributed by atoms with E-state index >= 15 is 0 Å². The molecule has 2 N–H and O–H groups in total. The third kappa shape index (κ3) is 4.58. The molecule has 0 fully saturated rings. The van der Waals surface area contributed by atoms with Gasteiger partial charge in [0.2, 0.25) is 0 Å². The van der Waals surface area contributed by atoms with Crippen LogP contribution in [0.15, 0.2) is 47.5 Å². The smallest absolute Gasteiger partial charge is 0.141 e. The summed E-state index contributed by atoms with van der Waals surface area (Å²) < 4.78 is 27.7. The average Bonchev–Trinajstić information content (AvgIpc) is 3.01. The van der Waals surface area contributed by atoms with Crippen LogP contribution in [-0.4, -0.2) is 16.2 Å². The number of aromatic amines is 1. The van der Waals surface area contributed by atoms with E-state index in [1.807, 2.05) is 25.1 Å². The Labute approximate surface area is 169 Å². The number of hydrogen-bond donors (Lipinski definition) is 2. The number of rotatable bonds is 6. The molecular formula is C19H18Cl2FN3OS. The summed E-state index contributed by atoms with van der Waals surface area (Å²) in [5, 5.41) is 1.29. The third-order valence-corrected chi connectivity index (χ3v) is 5.64. The lowest BCUT2D eigenvalue weighted by Crippen LogP contribution is -2.09. The average molecular weight is 426 g/mol. The van der Waals surface area contributed by atoms with E-state index in [1.165, 1.54) is 12.1 Å². The van der Waals surface area contributed by atoms with Crippen molar-refractivity contribution in [3.05, 3.63) is 81.0 Å². The first-order chi connectivity index (χ1) is 12.9. The van der Waals surface area contributed by atoms with E-state index in [0.717, 1.165) is 11.3 Å². The standard InChI is InChI=1S/C19H18Cl2FN3OS/c1-11-19(27(2)23)25-18(24-11)17(12-7-8-16(22)15(21)9-12)26-10-13-5-3-4-6-14(13)20/h3-9,17,23H,10H2,1-2H3,(H,24,25). The molecule has 0 aliphatic rings. The highest BCUT2D eigenvalue weighted by molar-refractivity contribution is 7.85. The van der Waals surface area contributed by atoms with Gasteiger partial charge in [-0.25, -0.2) is 9.37 Å². The van der Waals surface area contributed by atoms with Crippen LogP contribution in [-0.2, 0) is 22.0 Å². The van der Waals surface area contributed by atoms with Crippen molar-refractivity contribution in [3.8, 4) is 0 Å². The first kappa shape index (κ1) is 20.0. The molecule has 0 aliphatic carbocycles. The third-order valence-electron chi connectivity index (χ3n) is 4.01. The fourth-order valence-electron chi connectivity index (χ4n) is 2.69. The van der Waals surface area contributed by atoms with Crippen LogP contribution in [0.1, 0.15) is 28.7 Å². The molecule has 3 aromatic rings. The van der Waals surface area contributed by atoms with Crippen molar-refractivity contribution in [2.75, 3.05) is 6.26 Å². The van der Waals surface area contributed by atoms with Crippen LogP contribution < -0.4 is 0 Å². The molecule has 0 saturated heterocycles. The molecule has 0 radical (unpaired) electrons. The van der Waals surface area contributed by atoms with Gasteiger partial charge in [-0.1, -0.05) is 58.2 Å². The molecule has 142 valence electrons. The molecule has 8 heteroatoms. The minimum atomic E-state index is -0.749. The number of aromatic nitrogens is 2. The molecule has 1 aromatic heterocycles. The maximum atomic E-state index is 13.6. The van der Waals surface area contributed by atoms with Gasteiger partial charge in [0, 0.05) is 10.7 Å². The van der Waals surface area contributed by atoms with Gasteiger partial charge in [0.15, 0.2) is 0 Å². The van der Waals surface area contributed by atoms with Crippen LogP contribution in [0.5, 0.6) is 0 Å². The van der Waals surface area contributed by atoms with Gasteiger partial charge in [-0.2, -0.15) is 0 Å². The normalized spacial score (nSPS) is 13.5. The van der Waals surface area contributed by atoms with E-state index in [4.69, 9.17) is 32.7 Å². The molecule has 4 nitrogen and oxygen atoms in total. The Morgan fingerprint density at radius 3 is 2.59 bits per heavy atom. The Balaban J connectivity index is 1.98. The number of benzene rings is 2. The van der Waals surface area contributed by atoms with Crippen molar-refractivity contribution in [1.29, 1.82) is 4.78 Å². The number of hydrogen-bond acceptors (Lipinski definition) is 3. The maximum Gasteiger partial charge on any atom is 0.141 e. The predicted molar refractivity (Wildman–Crippen MR) is 107 cm³/mol. The highest BCUT2D eigenvalue weighted by atomic mass is 35.5. The first-order valence-electron chi connectivity index (χ1n) is 8.10. The van der Waals surface area contributed by atoms with Gasteiger partial charge in [0.25, 0.3) is 0 Å². The Morgan fingerprint density at radius 2 is 1.96 bits per heavy atom. The Bertz CT molecular complexity index is 993. The molecule has 0 saturated carbocycles. The second-order valence-electron chi connectivity index (χ2n) is 6.02. The lowest BCUT2D eigenvalue weighted by molar-refractivity contribution is 0.0614. The van der Waals surface area contributed by atoms with Crippen LogP contribution in [0, 0.1) is 17.5 Å². The van der Waals surface area contributed by atoms with Crippen LogP contribution in [0.25, 0.3) is 0 Å². The molecule has 3 rings (SSSR count). The summed E-state index contributed by atoms with van der Waals surface area (Å²) in [6, 6.07) is 11.8. The molecule has 0 bridgehead atoms. The highest BCUT2D eigenvalue weighted by Crippen LogP contribution is 2.30. The summed E-state index contributed by atoms with van der Waals surface area (Å²) in [5.41, 5.74) is 2.30. The van der Waals surface area contributed by atoms with E-state index in [1.54, 1.807) is 18.4 Å². The fourth-order valence-corrected chi connectivity index (χ4v) is 3.81. The minimum Gasteiger partial charge on any atom is -0.361 e. The van der Waals surface area contributed by atoms with E-state index in [0.29, 0.717) is 21.4 Å². The zero-order chi connectivity index (χ0) is 19.6. The summed E-state index contributed by atoms with van der Waals surface area (Å²) in [7, 11) is -0.749. The van der Waals surface area contributed by atoms with Crippen molar-refractivity contribution in [3.63, 3.8) is 0 Å². The van der Waals surface area contributed by atoms with E-state index in [2.05, 4.69) is 9.97 Å². The highest BCUT2D eigenvalue weighted by Gasteiger charge is 2.22. The second kappa shape index (κ2) is 8.52. The predicted octanol–water partition coefficient (Wildman–Crippen LogP) is 5.84.